The van der Waals surface area contributed by atoms with Crippen LogP contribution in [-0.4, -0.2) is 43.2 Å². The Hall–Kier alpha value is -5.05. The van der Waals surface area contributed by atoms with Gasteiger partial charge in [-0.2, -0.15) is 0 Å². The van der Waals surface area contributed by atoms with E-state index in [4.69, 9.17) is 24.3 Å². The quantitative estimate of drug-likeness (QED) is 0.189. The molecule has 1 aliphatic heterocycles. The van der Waals surface area contributed by atoms with E-state index in [1.54, 1.807) is 12.4 Å². The van der Waals surface area contributed by atoms with E-state index >= 15 is 0 Å². The van der Waals surface area contributed by atoms with Crippen LogP contribution < -0.4 is 5.46 Å². The first-order valence-electron chi connectivity index (χ1n) is 15.0. The van der Waals surface area contributed by atoms with Crippen LogP contribution in [0.4, 0.5) is 0 Å². The van der Waals surface area contributed by atoms with Gasteiger partial charge in [0.1, 0.15) is 0 Å². The second kappa shape index (κ2) is 11.5. The number of hydrogen-bond donors (Lipinski definition) is 0. The van der Waals surface area contributed by atoms with Crippen LogP contribution >= 0.6 is 0 Å². The summed E-state index contributed by atoms with van der Waals surface area (Å²) in [6, 6.07) is 32.5. The molecular weight excluding hydrogens is 557 g/mol. The summed E-state index contributed by atoms with van der Waals surface area (Å²) in [6.07, 6.45) is 7.26. The van der Waals surface area contributed by atoms with Crippen molar-refractivity contribution in [1.82, 2.24) is 24.9 Å². The number of nitrogens with zero attached hydrogens (tertiary/aromatic N) is 5. The molecule has 0 spiro atoms. The fourth-order valence-corrected chi connectivity index (χ4v) is 5.22. The van der Waals surface area contributed by atoms with E-state index in [0.29, 0.717) is 17.5 Å². The van der Waals surface area contributed by atoms with Crippen LogP contribution in [0.1, 0.15) is 27.7 Å². The van der Waals surface area contributed by atoms with Gasteiger partial charge < -0.3 is 9.31 Å². The van der Waals surface area contributed by atoms with Crippen molar-refractivity contribution in [2.75, 3.05) is 0 Å². The first-order valence-corrected chi connectivity index (χ1v) is 15.0. The Morgan fingerprint density at radius 1 is 0.444 bits per heavy atom. The highest BCUT2D eigenvalue weighted by atomic mass is 16.7. The largest absolute Gasteiger partial charge is 0.494 e. The van der Waals surface area contributed by atoms with E-state index in [2.05, 4.69) is 61.9 Å². The minimum Gasteiger partial charge on any atom is -0.399 e. The molecule has 1 fully saturated rings. The summed E-state index contributed by atoms with van der Waals surface area (Å²) < 4.78 is 12.5. The molecule has 0 atom stereocenters. The van der Waals surface area contributed by atoms with E-state index in [0.717, 1.165) is 44.4 Å². The summed E-state index contributed by atoms with van der Waals surface area (Å²) in [6.45, 7) is 8.23. The lowest BCUT2D eigenvalue weighted by Gasteiger charge is -2.32. The van der Waals surface area contributed by atoms with Gasteiger partial charge in [0.15, 0.2) is 17.5 Å². The second-order valence-electron chi connectivity index (χ2n) is 12.2. The highest BCUT2D eigenvalue weighted by Gasteiger charge is 2.51. The first-order chi connectivity index (χ1) is 21.8. The predicted octanol–water partition coefficient (Wildman–Crippen LogP) is 7.30. The van der Waals surface area contributed by atoms with E-state index < -0.39 is 18.3 Å². The molecular formula is C37H32BN5O2. The van der Waals surface area contributed by atoms with Crippen LogP contribution in [-0.2, 0) is 9.31 Å². The fraction of sp³-hybridized carbons (Fsp3) is 0.162. The van der Waals surface area contributed by atoms with Crippen LogP contribution in [0.3, 0.4) is 0 Å². The number of aromatic nitrogens is 5. The van der Waals surface area contributed by atoms with E-state index in [1.165, 1.54) is 0 Å². The van der Waals surface area contributed by atoms with Crippen molar-refractivity contribution in [3.8, 4) is 56.4 Å². The minimum atomic E-state index is -0.440. The molecule has 4 heterocycles. The third kappa shape index (κ3) is 5.78. The lowest BCUT2D eigenvalue weighted by molar-refractivity contribution is 0.00578. The standard InChI is InChI=1S/C37H32BN5O2/c1-36(2)37(3,4)45-38(44-36)32-19-17-29(18-20-32)35-42-33(27-13-9-25(10-14-27)30-7-5-21-39-23-30)41-34(43-35)28-15-11-26(12-16-28)31-8-6-22-40-24-31/h5-24H,1-4H3. The highest BCUT2D eigenvalue weighted by molar-refractivity contribution is 6.62. The monoisotopic (exact) mass is 589 g/mol. The van der Waals surface area contributed by atoms with Gasteiger partial charge in [-0.1, -0.05) is 84.9 Å². The van der Waals surface area contributed by atoms with Crippen molar-refractivity contribution in [3.63, 3.8) is 0 Å². The highest BCUT2D eigenvalue weighted by Crippen LogP contribution is 2.36. The molecule has 7 nitrogen and oxygen atoms in total. The van der Waals surface area contributed by atoms with E-state index in [9.17, 15) is 0 Å². The molecule has 0 aliphatic carbocycles. The van der Waals surface area contributed by atoms with Gasteiger partial charge in [0, 0.05) is 41.5 Å². The van der Waals surface area contributed by atoms with E-state index in [1.807, 2.05) is 85.2 Å². The smallest absolute Gasteiger partial charge is 0.399 e. The summed E-state index contributed by atoms with van der Waals surface area (Å²) >= 11 is 0. The summed E-state index contributed by atoms with van der Waals surface area (Å²) in [4.78, 5) is 23.3. The second-order valence-corrected chi connectivity index (χ2v) is 12.2. The topological polar surface area (TPSA) is 82.9 Å². The molecule has 3 aromatic carbocycles. The number of rotatable bonds is 6. The maximum Gasteiger partial charge on any atom is 0.494 e. The third-order valence-corrected chi connectivity index (χ3v) is 8.61. The van der Waals surface area contributed by atoms with Crippen molar-refractivity contribution in [3.05, 3.63) is 122 Å². The Bertz CT molecular complexity index is 1810. The molecule has 6 aromatic rings. The van der Waals surface area contributed by atoms with Gasteiger partial charge in [0.25, 0.3) is 0 Å². The molecule has 1 aliphatic rings. The number of pyridine rings is 2. The zero-order valence-electron chi connectivity index (χ0n) is 25.7. The molecule has 1 saturated heterocycles. The van der Waals surface area contributed by atoms with Crippen molar-refractivity contribution in [1.29, 1.82) is 0 Å². The number of benzene rings is 3. The Morgan fingerprint density at radius 3 is 1.16 bits per heavy atom. The fourth-order valence-electron chi connectivity index (χ4n) is 5.22. The first kappa shape index (κ1) is 28.7. The van der Waals surface area contributed by atoms with Crippen LogP contribution in [0.2, 0.25) is 0 Å². The van der Waals surface area contributed by atoms with Gasteiger partial charge in [0.2, 0.25) is 0 Å². The molecule has 0 amide bonds. The van der Waals surface area contributed by atoms with Gasteiger partial charge >= 0.3 is 7.12 Å². The van der Waals surface area contributed by atoms with Crippen LogP contribution in [0.25, 0.3) is 56.4 Å². The third-order valence-electron chi connectivity index (χ3n) is 8.61. The lowest BCUT2D eigenvalue weighted by atomic mass is 9.79. The van der Waals surface area contributed by atoms with Gasteiger partial charge in [-0.3, -0.25) is 9.97 Å². The molecule has 45 heavy (non-hydrogen) atoms. The average molecular weight is 590 g/mol. The molecule has 3 aromatic heterocycles. The van der Waals surface area contributed by atoms with Gasteiger partial charge in [-0.15, -0.1) is 0 Å². The molecule has 7 rings (SSSR count). The molecule has 220 valence electrons. The number of hydrogen-bond acceptors (Lipinski definition) is 7. The van der Waals surface area contributed by atoms with Crippen LogP contribution in [0.15, 0.2) is 122 Å². The maximum absolute atomic E-state index is 6.26. The average Bonchev–Trinajstić information content (AvgIpc) is 3.31. The van der Waals surface area contributed by atoms with Crippen molar-refractivity contribution in [2.24, 2.45) is 0 Å². The SMILES string of the molecule is CC1(C)OB(c2ccc(-c3nc(-c4ccc(-c5cccnc5)cc4)nc(-c4ccc(-c5cccnc5)cc4)n3)cc2)OC1(C)C. The predicted molar refractivity (Wildman–Crippen MR) is 178 cm³/mol. The molecule has 8 heteroatoms. The Morgan fingerprint density at radius 2 is 0.800 bits per heavy atom. The lowest BCUT2D eigenvalue weighted by Crippen LogP contribution is -2.41. The van der Waals surface area contributed by atoms with Crippen LogP contribution in [0, 0.1) is 0 Å². The Labute approximate surface area is 263 Å². The summed E-state index contributed by atoms with van der Waals surface area (Å²) in [5, 5.41) is 0. The Balaban J connectivity index is 1.25. The van der Waals surface area contributed by atoms with Crippen LogP contribution in [0.5, 0.6) is 0 Å². The summed E-state index contributed by atoms with van der Waals surface area (Å²) in [7, 11) is -0.440. The molecule has 0 saturated carbocycles. The normalized spacial score (nSPS) is 15.2. The molecule has 0 N–H and O–H groups in total. The summed E-state index contributed by atoms with van der Waals surface area (Å²) in [5.41, 5.74) is 7.05. The van der Waals surface area contributed by atoms with Gasteiger partial charge in [-0.05, 0) is 67.5 Å². The molecule has 0 unspecified atom stereocenters. The van der Waals surface area contributed by atoms with Gasteiger partial charge in [-0.25, -0.2) is 15.0 Å². The Kier molecular flexibility index (Phi) is 7.32. The van der Waals surface area contributed by atoms with Gasteiger partial charge in [0.05, 0.1) is 11.2 Å². The molecule has 0 radical (unpaired) electrons. The zero-order valence-corrected chi connectivity index (χ0v) is 25.7. The zero-order chi connectivity index (χ0) is 31.0. The van der Waals surface area contributed by atoms with Crippen molar-refractivity contribution < 1.29 is 9.31 Å². The molecule has 0 bridgehead atoms. The van der Waals surface area contributed by atoms with E-state index in [-0.39, 0.29) is 0 Å². The maximum atomic E-state index is 6.26. The van der Waals surface area contributed by atoms with Crippen molar-refractivity contribution >= 4 is 12.6 Å². The summed E-state index contributed by atoms with van der Waals surface area (Å²) in [5.74, 6) is 1.78. The minimum absolute atomic E-state index is 0.409. The van der Waals surface area contributed by atoms with Crippen molar-refractivity contribution in [2.45, 2.75) is 38.9 Å².